The molecule has 0 bridgehead atoms. The number of phenols is 3. The highest BCUT2D eigenvalue weighted by Gasteiger charge is 2.05. The van der Waals surface area contributed by atoms with Crippen molar-refractivity contribution in [2.45, 2.75) is 13.3 Å². The molecule has 5 nitrogen and oxygen atoms in total. The molecule has 0 spiro atoms. The zero-order chi connectivity index (χ0) is 18.4. The topological polar surface area (TPSA) is 94.8 Å². The van der Waals surface area contributed by atoms with Gasteiger partial charge in [0.05, 0.1) is 6.42 Å². The van der Waals surface area contributed by atoms with E-state index in [2.05, 4.69) is 0 Å². The number of ketones is 2. The molecule has 0 saturated heterocycles. The molecular formula is C20H18O5. The van der Waals surface area contributed by atoms with Crippen molar-refractivity contribution in [3.8, 4) is 17.2 Å². The molecule has 0 fully saturated rings. The van der Waals surface area contributed by atoms with Crippen LogP contribution in [0.4, 0.5) is 0 Å². The maximum atomic E-state index is 11.8. The van der Waals surface area contributed by atoms with Crippen molar-refractivity contribution in [1.29, 1.82) is 0 Å². The highest BCUT2D eigenvalue weighted by molar-refractivity contribution is 6.10. The van der Waals surface area contributed by atoms with E-state index in [0.717, 1.165) is 5.56 Å². The minimum absolute atomic E-state index is 0.144. The maximum absolute atomic E-state index is 11.8. The molecule has 5 heteroatoms. The summed E-state index contributed by atoms with van der Waals surface area (Å²) in [5, 5.41) is 28.2. The predicted molar refractivity (Wildman–Crippen MR) is 95.3 cm³/mol. The first-order valence-electron chi connectivity index (χ1n) is 7.58. The van der Waals surface area contributed by atoms with Crippen LogP contribution in [0.3, 0.4) is 0 Å². The van der Waals surface area contributed by atoms with E-state index >= 15 is 0 Å². The van der Waals surface area contributed by atoms with Gasteiger partial charge in [-0.15, -0.1) is 0 Å². The summed E-state index contributed by atoms with van der Waals surface area (Å²) in [5.41, 5.74) is 1.94. The number of benzene rings is 2. The van der Waals surface area contributed by atoms with Crippen LogP contribution in [0.15, 0.2) is 48.6 Å². The largest absolute Gasteiger partial charge is 0.508 e. The number of aryl methyl sites for hydroxylation is 1. The minimum atomic E-state index is -0.381. The molecule has 0 aliphatic rings. The Labute approximate surface area is 145 Å². The number of carbonyl (C=O) groups excluding carboxylic acids is 2. The first-order valence-corrected chi connectivity index (χ1v) is 7.58. The molecule has 0 amide bonds. The first kappa shape index (κ1) is 18.0. The van der Waals surface area contributed by atoms with Crippen molar-refractivity contribution in [2.24, 2.45) is 0 Å². The zero-order valence-electron chi connectivity index (χ0n) is 13.6. The fraction of sp³-hybridized carbons (Fsp3) is 0.100. The molecule has 0 aliphatic heterocycles. The third kappa shape index (κ3) is 5.35. The normalized spacial score (nSPS) is 11.2. The lowest BCUT2D eigenvalue weighted by Gasteiger charge is -1.99. The Kier molecular flexibility index (Phi) is 5.74. The molecule has 2 aromatic carbocycles. The fourth-order valence-electron chi connectivity index (χ4n) is 2.04. The van der Waals surface area contributed by atoms with Gasteiger partial charge in [0.15, 0.2) is 23.1 Å². The van der Waals surface area contributed by atoms with Gasteiger partial charge in [0.2, 0.25) is 0 Å². The van der Waals surface area contributed by atoms with Crippen LogP contribution in [0, 0.1) is 6.92 Å². The predicted octanol–water partition coefficient (Wildman–Crippen LogP) is 3.37. The van der Waals surface area contributed by atoms with E-state index in [0.29, 0.717) is 11.1 Å². The molecular weight excluding hydrogens is 320 g/mol. The summed E-state index contributed by atoms with van der Waals surface area (Å²) in [4.78, 5) is 23.6. The molecule has 128 valence electrons. The Morgan fingerprint density at radius 1 is 0.800 bits per heavy atom. The van der Waals surface area contributed by atoms with Gasteiger partial charge in [0.25, 0.3) is 0 Å². The van der Waals surface area contributed by atoms with E-state index in [4.69, 9.17) is 0 Å². The van der Waals surface area contributed by atoms with Crippen LogP contribution in [0.2, 0.25) is 0 Å². The standard InChI is InChI=1S/C20H18O5/c1-13-2-3-14(10-19(13)24)4-7-16(21)12-17(22)8-5-15-6-9-18(23)20(25)11-15/h2-11,23-25H,12H2,1H3/b7-4+,8-5+. The van der Waals surface area contributed by atoms with Gasteiger partial charge in [-0.3, -0.25) is 9.59 Å². The zero-order valence-corrected chi connectivity index (χ0v) is 13.6. The SMILES string of the molecule is Cc1ccc(/C=C/C(=O)CC(=O)/C=C/c2ccc(O)c(O)c2)cc1O. The van der Waals surface area contributed by atoms with Crippen LogP contribution >= 0.6 is 0 Å². The van der Waals surface area contributed by atoms with E-state index in [-0.39, 0.29) is 35.2 Å². The number of hydrogen-bond donors (Lipinski definition) is 3. The van der Waals surface area contributed by atoms with Gasteiger partial charge < -0.3 is 15.3 Å². The third-order valence-corrected chi connectivity index (χ3v) is 3.50. The molecule has 0 unspecified atom stereocenters. The smallest absolute Gasteiger partial charge is 0.163 e. The Hall–Kier alpha value is -3.34. The van der Waals surface area contributed by atoms with E-state index < -0.39 is 0 Å². The molecule has 2 rings (SSSR count). The number of aromatic hydroxyl groups is 3. The van der Waals surface area contributed by atoms with E-state index in [1.807, 2.05) is 0 Å². The van der Waals surface area contributed by atoms with Gasteiger partial charge in [-0.2, -0.15) is 0 Å². The van der Waals surface area contributed by atoms with E-state index in [1.54, 1.807) is 19.1 Å². The van der Waals surface area contributed by atoms with Gasteiger partial charge in [-0.25, -0.2) is 0 Å². The van der Waals surface area contributed by atoms with Crippen molar-refractivity contribution in [3.05, 3.63) is 65.2 Å². The first-order chi connectivity index (χ1) is 11.8. The summed E-state index contributed by atoms with van der Waals surface area (Å²) in [6.45, 7) is 1.77. The Balaban J connectivity index is 1.94. The van der Waals surface area contributed by atoms with Crippen molar-refractivity contribution < 1.29 is 24.9 Å². The summed E-state index contributed by atoms with van der Waals surface area (Å²) >= 11 is 0. The average Bonchev–Trinajstić information content (AvgIpc) is 2.57. The van der Waals surface area contributed by atoms with Crippen LogP contribution < -0.4 is 0 Å². The van der Waals surface area contributed by atoms with Crippen LogP contribution in [0.25, 0.3) is 12.2 Å². The summed E-state index contributed by atoms with van der Waals surface area (Å²) in [6.07, 6.45) is 5.25. The molecule has 0 aromatic heterocycles. The lowest BCUT2D eigenvalue weighted by molar-refractivity contribution is -0.121. The molecule has 3 N–H and O–H groups in total. The summed E-state index contributed by atoms with van der Waals surface area (Å²) in [6, 6.07) is 9.19. The van der Waals surface area contributed by atoms with Crippen molar-refractivity contribution in [1.82, 2.24) is 0 Å². The molecule has 0 radical (unpaired) electrons. The van der Waals surface area contributed by atoms with Crippen LogP contribution in [0.1, 0.15) is 23.1 Å². The molecule has 25 heavy (non-hydrogen) atoms. The van der Waals surface area contributed by atoms with Gasteiger partial charge in [-0.05, 0) is 54.0 Å². The maximum Gasteiger partial charge on any atom is 0.163 e. The minimum Gasteiger partial charge on any atom is -0.508 e. The third-order valence-electron chi connectivity index (χ3n) is 3.50. The Bertz CT molecular complexity index is 791. The highest BCUT2D eigenvalue weighted by Crippen LogP contribution is 2.25. The molecule has 0 saturated carbocycles. The highest BCUT2D eigenvalue weighted by atomic mass is 16.3. The summed E-state index contributed by atoms with van der Waals surface area (Å²) in [7, 11) is 0. The van der Waals surface area contributed by atoms with Gasteiger partial charge >= 0.3 is 0 Å². The molecule has 0 heterocycles. The van der Waals surface area contributed by atoms with E-state index in [9.17, 15) is 24.9 Å². The Morgan fingerprint density at radius 2 is 1.32 bits per heavy atom. The van der Waals surface area contributed by atoms with Crippen LogP contribution in [-0.4, -0.2) is 26.9 Å². The number of carbonyl (C=O) groups is 2. The lowest BCUT2D eigenvalue weighted by Crippen LogP contribution is -2.01. The average molecular weight is 338 g/mol. The lowest BCUT2D eigenvalue weighted by atomic mass is 10.1. The molecule has 0 atom stereocenters. The van der Waals surface area contributed by atoms with Gasteiger partial charge in [0, 0.05) is 0 Å². The number of allylic oxidation sites excluding steroid dienone is 2. The van der Waals surface area contributed by atoms with Gasteiger partial charge in [0.1, 0.15) is 5.75 Å². The van der Waals surface area contributed by atoms with Crippen molar-refractivity contribution >= 4 is 23.7 Å². The quantitative estimate of drug-likeness (QED) is 0.426. The van der Waals surface area contributed by atoms with Crippen molar-refractivity contribution in [3.63, 3.8) is 0 Å². The van der Waals surface area contributed by atoms with Gasteiger partial charge in [-0.1, -0.05) is 30.4 Å². The summed E-state index contributed by atoms with van der Waals surface area (Å²) < 4.78 is 0. The number of phenolic OH excluding ortho intramolecular Hbond substituents is 3. The van der Waals surface area contributed by atoms with Crippen molar-refractivity contribution in [2.75, 3.05) is 0 Å². The fourth-order valence-corrected chi connectivity index (χ4v) is 2.04. The second-order valence-corrected chi connectivity index (χ2v) is 5.57. The van der Waals surface area contributed by atoms with Crippen LogP contribution in [0.5, 0.6) is 17.2 Å². The molecule has 0 aliphatic carbocycles. The summed E-state index contributed by atoms with van der Waals surface area (Å²) in [5.74, 6) is -1.12. The monoisotopic (exact) mass is 338 g/mol. The number of rotatable bonds is 6. The number of hydrogen-bond acceptors (Lipinski definition) is 5. The second kappa shape index (κ2) is 7.97. The molecule has 2 aromatic rings. The second-order valence-electron chi connectivity index (χ2n) is 5.57. The Morgan fingerprint density at radius 3 is 1.84 bits per heavy atom. The van der Waals surface area contributed by atoms with Crippen LogP contribution in [-0.2, 0) is 9.59 Å². The van der Waals surface area contributed by atoms with E-state index in [1.165, 1.54) is 48.6 Å².